The number of morpholine rings is 1. The highest BCUT2D eigenvalue weighted by atomic mass is 35.5. The van der Waals surface area contributed by atoms with Gasteiger partial charge in [-0.1, -0.05) is 35.9 Å². The molecular weight excluding hydrogens is 314 g/mol. The molecule has 2 N–H and O–H groups in total. The van der Waals surface area contributed by atoms with Crippen LogP contribution >= 0.6 is 11.6 Å². The van der Waals surface area contributed by atoms with Crippen molar-refractivity contribution in [2.24, 2.45) is 0 Å². The average molecular weight is 334 g/mol. The SMILES string of the molecule is O=C(NCc1ccc(CN2CCOCC2)cc1)c1cc(Cl)c[nH]1. The van der Waals surface area contributed by atoms with Crippen LogP contribution in [0.15, 0.2) is 36.5 Å². The predicted molar refractivity (Wildman–Crippen MR) is 89.5 cm³/mol. The molecule has 1 amide bonds. The van der Waals surface area contributed by atoms with E-state index in [1.165, 1.54) is 5.56 Å². The number of carbonyl (C=O) groups is 1. The minimum atomic E-state index is -0.158. The molecule has 0 atom stereocenters. The topological polar surface area (TPSA) is 57.4 Å². The zero-order chi connectivity index (χ0) is 16.1. The van der Waals surface area contributed by atoms with E-state index in [9.17, 15) is 4.79 Å². The van der Waals surface area contributed by atoms with Gasteiger partial charge in [-0.05, 0) is 17.2 Å². The molecule has 0 radical (unpaired) electrons. The van der Waals surface area contributed by atoms with E-state index in [1.54, 1.807) is 12.3 Å². The maximum atomic E-state index is 11.9. The van der Waals surface area contributed by atoms with Gasteiger partial charge in [0, 0.05) is 32.4 Å². The molecule has 0 spiro atoms. The van der Waals surface area contributed by atoms with Gasteiger partial charge >= 0.3 is 0 Å². The van der Waals surface area contributed by atoms with Crippen molar-refractivity contribution in [3.63, 3.8) is 0 Å². The average Bonchev–Trinajstić information content (AvgIpc) is 3.01. The van der Waals surface area contributed by atoms with Crippen LogP contribution in [0.2, 0.25) is 5.02 Å². The molecule has 122 valence electrons. The summed E-state index contributed by atoms with van der Waals surface area (Å²) >= 11 is 5.80. The molecule has 0 bridgehead atoms. The maximum absolute atomic E-state index is 11.9. The summed E-state index contributed by atoms with van der Waals surface area (Å²) in [5, 5.41) is 3.40. The lowest BCUT2D eigenvalue weighted by Gasteiger charge is -2.26. The Morgan fingerprint density at radius 1 is 1.22 bits per heavy atom. The van der Waals surface area contributed by atoms with Gasteiger partial charge in [0.15, 0.2) is 0 Å². The zero-order valence-electron chi connectivity index (χ0n) is 12.8. The lowest BCUT2D eigenvalue weighted by Crippen LogP contribution is -2.35. The number of benzene rings is 1. The van der Waals surface area contributed by atoms with Gasteiger partial charge in [0.1, 0.15) is 5.69 Å². The Hall–Kier alpha value is -1.82. The monoisotopic (exact) mass is 333 g/mol. The smallest absolute Gasteiger partial charge is 0.268 e. The molecule has 5 nitrogen and oxygen atoms in total. The fourth-order valence-corrected chi connectivity index (χ4v) is 2.72. The first-order valence-corrected chi connectivity index (χ1v) is 8.08. The molecule has 1 aliphatic rings. The first-order valence-electron chi connectivity index (χ1n) is 7.71. The summed E-state index contributed by atoms with van der Waals surface area (Å²) in [6.45, 7) is 5.02. The summed E-state index contributed by atoms with van der Waals surface area (Å²) in [6.07, 6.45) is 1.59. The summed E-state index contributed by atoms with van der Waals surface area (Å²) < 4.78 is 5.36. The number of nitrogens with zero attached hydrogens (tertiary/aromatic N) is 1. The molecule has 3 rings (SSSR count). The minimum absolute atomic E-state index is 0.158. The van der Waals surface area contributed by atoms with Gasteiger partial charge in [0.25, 0.3) is 5.91 Å². The Bertz CT molecular complexity index is 648. The van der Waals surface area contributed by atoms with E-state index in [1.807, 2.05) is 0 Å². The van der Waals surface area contributed by atoms with Crippen LogP contribution in [-0.4, -0.2) is 42.1 Å². The molecule has 1 saturated heterocycles. The lowest BCUT2D eigenvalue weighted by atomic mass is 10.1. The van der Waals surface area contributed by atoms with Crippen molar-refractivity contribution in [2.45, 2.75) is 13.1 Å². The summed E-state index contributed by atoms with van der Waals surface area (Å²) in [6, 6.07) is 9.95. The van der Waals surface area contributed by atoms with Gasteiger partial charge in [-0.3, -0.25) is 9.69 Å². The van der Waals surface area contributed by atoms with E-state index < -0.39 is 0 Å². The molecule has 2 aromatic rings. The van der Waals surface area contributed by atoms with E-state index in [0.29, 0.717) is 17.3 Å². The van der Waals surface area contributed by atoms with Gasteiger partial charge in [-0.25, -0.2) is 0 Å². The van der Waals surface area contributed by atoms with Crippen molar-refractivity contribution in [2.75, 3.05) is 26.3 Å². The summed E-state index contributed by atoms with van der Waals surface area (Å²) in [4.78, 5) is 17.2. The van der Waals surface area contributed by atoms with Gasteiger partial charge in [0.05, 0.1) is 18.2 Å². The largest absolute Gasteiger partial charge is 0.379 e. The summed E-state index contributed by atoms with van der Waals surface area (Å²) in [5.41, 5.74) is 2.82. The number of amides is 1. The summed E-state index contributed by atoms with van der Waals surface area (Å²) in [7, 11) is 0. The predicted octanol–water partition coefficient (Wildman–Crippen LogP) is 2.43. The number of ether oxygens (including phenoxy) is 1. The van der Waals surface area contributed by atoms with Crippen molar-refractivity contribution in [3.05, 3.63) is 58.4 Å². The van der Waals surface area contributed by atoms with E-state index in [-0.39, 0.29) is 5.91 Å². The van der Waals surface area contributed by atoms with Crippen LogP contribution in [0.1, 0.15) is 21.6 Å². The molecule has 1 aliphatic heterocycles. The van der Waals surface area contributed by atoms with Crippen molar-refractivity contribution >= 4 is 17.5 Å². The third-order valence-corrected chi connectivity index (χ3v) is 4.10. The molecule has 0 unspecified atom stereocenters. The number of carbonyl (C=O) groups excluding carboxylic acids is 1. The zero-order valence-corrected chi connectivity index (χ0v) is 13.6. The van der Waals surface area contributed by atoms with Gasteiger partial charge < -0.3 is 15.0 Å². The molecule has 0 aliphatic carbocycles. The van der Waals surface area contributed by atoms with Crippen LogP contribution in [0.25, 0.3) is 0 Å². The van der Waals surface area contributed by atoms with Crippen LogP contribution in [0, 0.1) is 0 Å². The Balaban J connectivity index is 1.50. The van der Waals surface area contributed by atoms with E-state index >= 15 is 0 Å². The number of H-pyrrole nitrogens is 1. The molecule has 2 heterocycles. The van der Waals surface area contributed by atoms with Gasteiger partial charge in [-0.15, -0.1) is 0 Å². The van der Waals surface area contributed by atoms with Gasteiger partial charge in [-0.2, -0.15) is 0 Å². The Kier molecular flexibility index (Phi) is 5.33. The van der Waals surface area contributed by atoms with Crippen LogP contribution in [0.5, 0.6) is 0 Å². The molecule has 23 heavy (non-hydrogen) atoms. The third kappa shape index (κ3) is 4.58. The molecule has 1 aromatic heterocycles. The maximum Gasteiger partial charge on any atom is 0.268 e. The lowest BCUT2D eigenvalue weighted by molar-refractivity contribution is 0.0342. The number of nitrogens with one attached hydrogen (secondary N) is 2. The fraction of sp³-hybridized carbons (Fsp3) is 0.353. The number of halogens is 1. The van der Waals surface area contributed by atoms with Crippen molar-refractivity contribution in [1.29, 1.82) is 0 Å². The molecular formula is C17H20ClN3O2. The van der Waals surface area contributed by atoms with Crippen LogP contribution in [-0.2, 0) is 17.8 Å². The van der Waals surface area contributed by atoms with Crippen molar-refractivity contribution < 1.29 is 9.53 Å². The van der Waals surface area contributed by atoms with Gasteiger partial charge in [0.2, 0.25) is 0 Å². The normalized spacial score (nSPS) is 15.5. The van der Waals surface area contributed by atoms with Crippen LogP contribution in [0.3, 0.4) is 0 Å². The molecule has 0 saturated carbocycles. The molecule has 1 aromatic carbocycles. The van der Waals surface area contributed by atoms with E-state index in [2.05, 4.69) is 39.5 Å². The Labute approximate surface area is 140 Å². The third-order valence-electron chi connectivity index (χ3n) is 3.88. The minimum Gasteiger partial charge on any atom is -0.379 e. The summed E-state index contributed by atoms with van der Waals surface area (Å²) in [5.74, 6) is -0.158. The molecule has 6 heteroatoms. The standard InChI is InChI=1S/C17H20ClN3O2/c18-15-9-16(19-11-15)17(22)20-10-13-1-3-14(4-2-13)12-21-5-7-23-8-6-21/h1-4,9,11,19H,5-8,10,12H2,(H,20,22). The van der Waals surface area contributed by atoms with E-state index in [0.717, 1.165) is 38.4 Å². The highest BCUT2D eigenvalue weighted by molar-refractivity contribution is 6.30. The first-order chi connectivity index (χ1) is 11.2. The highest BCUT2D eigenvalue weighted by Crippen LogP contribution is 2.11. The number of aromatic amines is 1. The number of aromatic nitrogens is 1. The van der Waals surface area contributed by atoms with Crippen molar-refractivity contribution in [1.82, 2.24) is 15.2 Å². The second-order valence-corrected chi connectivity index (χ2v) is 6.06. The highest BCUT2D eigenvalue weighted by Gasteiger charge is 2.11. The number of rotatable bonds is 5. The van der Waals surface area contributed by atoms with E-state index in [4.69, 9.17) is 16.3 Å². The number of hydrogen-bond acceptors (Lipinski definition) is 3. The van der Waals surface area contributed by atoms with Crippen LogP contribution < -0.4 is 5.32 Å². The van der Waals surface area contributed by atoms with Crippen molar-refractivity contribution in [3.8, 4) is 0 Å². The Morgan fingerprint density at radius 3 is 2.57 bits per heavy atom. The number of hydrogen-bond donors (Lipinski definition) is 2. The van der Waals surface area contributed by atoms with Crippen LogP contribution in [0.4, 0.5) is 0 Å². The molecule has 1 fully saturated rings. The quantitative estimate of drug-likeness (QED) is 0.883. The first kappa shape index (κ1) is 16.1. The second-order valence-electron chi connectivity index (χ2n) is 5.62. The fourth-order valence-electron chi connectivity index (χ4n) is 2.56. The Morgan fingerprint density at radius 2 is 1.91 bits per heavy atom. The second kappa shape index (κ2) is 7.64.